The number of nitrogens with two attached hydrogens (primary N) is 2. The van der Waals surface area contributed by atoms with Gasteiger partial charge in [0.1, 0.15) is 17.4 Å². The molecule has 7 nitrogen and oxygen atoms in total. The van der Waals surface area contributed by atoms with Crippen LogP contribution in [0.15, 0.2) is 51.5 Å². The van der Waals surface area contributed by atoms with Crippen molar-refractivity contribution in [2.75, 3.05) is 25.9 Å². The van der Waals surface area contributed by atoms with Crippen molar-refractivity contribution in [3.63, 3.8) is 0 Å². The predicted molar refractivity (Wildman–Crippen MR) is 136 cm³/mol. The maximum Gasteiger partial charge on any atom is 0.181 e. The predicted octanol–water partition coefficient (Wildman–Crippen LogP) is 4.21. The van der Waals surface area contributed by atoms with Crippen molar-refractivity contribution in [3.8, 4) is 5.75 Å². The number of rotatable bonds is 3. The second kappa shape index (κ2) is 8.91. The lowest BCUT2D eigenvalue weighted by Crippen LogP contribution is -2.49. The second-order valence-electron chi connectivity index (χ2n) is 9.21. The quantitative estimate of drug-likeness (QED) is 0.653. The standard InChI is InChI=1S/C25H28ClN5O2S/c1-14-21(32)19(34-18-6-9-29-23(28)20(18)26)13-30-24(14)31-10-7-25(8-11-31)12-16-15(22(25)27)4-3-5-17(16)33-2/h3-6,9,13-14,22H,7-8,10-12,27H2,1-2H3,(H2,28,29)/t14-,22?/m1/s1. The van der Waals surface area contributed by atoms with E-state index in [0.717, 1.165) is 43.9 Å². The molecule has 9 heteroatoms. The summed E-state index contributed by atoms with van der Waals surface area (Å²) in [5, 5.41) is 0.357. The average molecular weight is 498 g/mol. The number of ether oxygens (including phenoxy) is 1. The molecule has 2 aliphatic heterocycles. The number of halogens is 1. The molecule has 1 aliphatic carbocycles. The third kappa shape index (κ3) is 3.78. The molecular formula is C25H28ClN5O2S. The van der Waals surface area contributed by atoms with E-state index in [2.05, 4.69) is 16.0 Å². The highest BCUT2D eigenvalue weighted by atomic mass is 35.5. The molecule has 0 amide bonds. The minimum Gasteiger partial charge on any atom is -0.496 e. The number of nitrogens with zero attached hydrogens (tertiary/aromatic N) is 3. The van der Waals surface area contributed by atoms with Crippen molar-refractivity contribution in [2.45, 2.75) is 37.1 Å². The van der Waals surface area contributed by atoms with Gasteiger partial charge in [0, 0.05) is 36.4 Å². The number of aromatic nitrogens is 1. The van der Waals surface area contributed by atoms with Crippen LogP contribution in [0.4, 0.5) is 5.82 Å². The fourth-order valence-corrected chi connectivity index (χ4v) is 6.59. The maximum atomic E-state index is 13.2. The van der Waals surface area contributed by atoms with Crippen molar-refractivity contribution < 1.29 is 9.53 Å². The number of ketones is 1. The van der Waals surface area contributed by atoms with E-state index in [9.17, 15) is 4.79 Å². The summed E-state index contributed by atoms with van der Waals surface area (Å²) in [6, 6.07) is 7.91. The van der Waals surface area contributed by atoms with Crippen LogP contribution in [0.5, 0.6) is 5.75 Å². The molecule has 3 aliphatic rings. The molecule has 3 heterocycles. The van der Waals surface area contributed by atoms with Crippen molar-refractivity contribution in [3.05, 3.63) is 57.7 Å². The number of hydrogen-bond donors (Lipinski definition) is 2. The number of carbonyl (C=O) groups excluding carboxylic acids is 1. The molecule has 0 saturated carbocycles. The van der Waals surface area contributed by atoms with E-state index in [0.29, 0.717) is 14.8 Å². The third-order valence-corrected chi connectivity index (χ3v) is 9.03. The number of pyridine rings is 1. The van der Waals surface area contributed by atoms with E-state index in [-0.39, 0.29) is 29.0 Å². The molecule has 1 unspecified atom stereocenters. The van der Waals surface area contributed by atoms with Gasteiger partial charge in [-0.05, 0) is 54.9 Å². The molecule has 1 aromatic carbocycles. The van der Waals surface area contributed by atoms with E-state index in [1.54, 1.807) is 25.6 Å². The molecule has 2 atom stereocenters. The third-order valence-electron chi connectivity index (χ3n) is 7.43. The Balaban J connectivity index is 1.32. The number of piperidine rings is 1. The zero-order chi connectivity index (χ0) is 24.0. The average Bonchev–Trinajstić information content (AvgIpc) is 3.12. The number of allylic oxidation sites excluding steroid dienone is 1. The number of methoxy groups -OCH3 is 1. The molecule has 34 heavy (non-hydrogen) atoms. The van der Waals surface area contributed by atoms with Gasteiger partial charge in [-0.3, -0.25) is 4.79 Å². The van der Waals surface area contributed by atoms with Crippen LogP contribution in [0.2, 0.25) is 5.02 Å². The van der Waals surface area contributed by atoms with Crippen LogP contribution in [-0.4, -0.2) is 41.7 Å². The van der Waals surface area contributed by atoms with Gasteiger partial charge >= 0.3 is 0 Å². The zero-order valence-electron chi connectivity index (χ0n) is 19.3. The highest BCUT2D eigenvalue weighted by molar-refractivity contribution is 8.04. The van der Waals surface area contributed by atoms with Gasteiger partial charge < -0.3 is 21.1 Å². The Morgan fingerprint density at radius 2 is 2.03 bits per heavy atom. The first kappa shape index (κ1) is 23.2. The van der Waals surface area contributed by atoms with Crippen LogP contribution in [0, 0.1) is 11.3 Å². The molecule has 2 aromatic rings. The van der Waals surface area contributed by atoms with Crippen molar-refractivity contribution >= 4 is 40.8 Å². The van der Waals surface area contributed by atoms with Gasteiger partial charge in [0.2, 0.25) is 0 Å². The van der Waals surface area contributed by atoms with E-state index in [4.69, 9.17) is 32.8 Å². The second-order valence-corrected chi connectivity index (χ2v) is 10.7. The van der Waals surface area contributed by atoms with Crippen LogP contribution >= 0.6 is 23.4 Å². The number of fused-ring (bicyclic) bond motifs is 1. The minimum absolute atomic E-state index is 0.00690. The van der Waals surface area contributed by atoms with Gasteiger partial charge in [-0.2, -0.15) is 0 Å². The number of aliphatic imine (C=N–C) groups is 1. The number of anilines is 1. The Labute approximate surface area is 208 Å². The van der Waals surface area contributed by atoms with Crippen LogP contribution in [0.3, 0.4) is 0 Å². The summed E-state index contributed by atoms with van der Waals surface area (Å²) in [5.74, 6) is 1.71. The number of benzene rings is 1. The highest BCUT2D eigenvalue weighted by Gasteiger charge is 2.47. The van der Waals surface area contributed by atoms with Crippen molar-refractivity contribution in [2.24, 2.45) is 22.1 Å². The Bertz CT molecular complexity index is 1210. The molecule has 0 radical (unpaired) electrons. The molecular weight excluding hydrogens is 470 g/mol. The SMILES string of the molecule is COc1cccc2c1CC1(CCN(C3=NC=C(Sc4ccnc(N)c4Cl)C(=O)[C@H]3C)CC1)C2N. The minimum atomic E-state index is -0.325. The van der Waals surface area contributed by atoms with Crippen molar-refractivity contribution in [1.82, 2.24) is 9.88 Å². The Hall–Kier alpha value is -2.55. The summed E-state index contributed by atoms with van der Waals surface area (Å²) in [4.78, 5) is 25.4. The van der Waals surface area contributed by atoms with Gasteiger partial charge in [0.15, 0.2) is 5.78 Å². The largest absolute Gasteiger partial charge is 0.496 e. The highest BCUT2D eigenvalue weighted by Crippen LogP contribution is 2.53. The van der Waals surface area contributed by atoms with Gasteiger partial charge in [-0.1, -0.05) is 35.5 Å². The first-order chi connectivity index (χ1) is 16.3. The van der Waals surface area contributed by atoms with Gasteiger partial charge in [-0.25, -0.2) is 9.98 Å². The number of Topliss-reactive ketones (excluding diaryl/α,β-unsaturated/α-hetero) is 1. The monoisotopic (exact) mass is 497 g/mol. The molecule has 0 bridgehead atoms. The first-order valence-electron chi connectivity index (χ1n) is 11.4. The Morgan fingerprint density at radius 1 is 1.26 bits per heavy atom. The number of carbonyl (C=O) groups is 1. The first-order valence-corrected chi connectivity index (χ1v) is 12.6. The molecule has 5 rings (SSSR count). The summed E-state index contributed by atoms with van der Waals surface area (Å²) >= 11 is 7.55. The molecule has 1 spiro atoms. The number of amidine groups is 1. The summed E-state index contributed by atoms with van der Waals surface area (Å²) < 4.78 is 5.60. The molecule has 1 aromatic heterocycles. The lowest BCUT2D eigenvalue weighted by atomic mass is 9.73. The van der Waals surface area contributed by atoms with E-state index < -0.39 is 0 Å². The van der Waals surface area contributed by atoms with Gasteiger partial charge in [0.05, 0.1) is 23.0 Å². The number of likely N-dealkylation sites (tertiary alicyclic amines) is 1. The molecule has 178 valence electrons. The number of hydrogen-bond acceptors (Lipinski definition) is 8. The van der Waals surface area contributed by atoms with E-state index in [1.807, 2.05) is 19.1 Å². The molecule has 1 saturated heterocycles. The lowest BCUT2D eigenvalue weighted by molar-refractivity contribution is -0.116. The van der Waals surface area contributed by atoms with E-state index >= 15 is 0 Å². The lowest BCUT2D eigenvalue weighted by Gasteiger charge is -2.44. The number of nitrogen functional groups attached to an aromatic ring is 1. The summed E-state index contributed by atoms with van der Waals surface area (Å²) in [6.45, 7) is 3.57. The van der Waals surface area contributed by atoms with Crippen molar-refractivity contribution in [1.29, 1.82) is 0 Å². The summed E-state index contributed by atoms with van der Waals surface area (Å²) in [7, 11) is 1.71. The molecule has 4 N–H and O–H groups in total. The van der Waals surface area contributed by atoms with Gasteiger partial charge in [-0.15, -0.1) is 0 Å². The Morgan fingerprint density at radius 3 is 2.76 bits per heavy atom. The maximum absolute atomic E-state index is 13.2. The zero-order valence-corrected chi connectivity index (χ0v) is 20.8. The summed E-state index contributed by atoms with van der Waals surface area (Å²) in [5.41, 5.74) is 15.0. The van der Waals surface area contributed by atoms with Gasteiger partial charge in [0.25, 0.3) is 0 Å². The number of thioether (sulfide) groups is 1. The molecule has 1 fully saturated rings. The van der Waals surface area contributed by atoms with E-state index in [1.165, 1.54) is 22.9 Å². The van der Waals surface area contributed by atoms with Crippen LogP contribution < -0.4 is 16.2 Å². The van der Waals surface area contributed by atoms with Crippen LogP contribution in [0.1, 0.15) is 36.9 Å². The van der Waals surface area contributed by atoms with Crippen LogP contribution in [-0.2, 0) is 11.2 Å². The normalized spacial score (nSPS) is 23.5. The van der Waals surface area contributed by atoms with Crippen LogP contribution in [0.25, 0.3) is 0 Å². The topological polar surface area (TPSA) is 107 Å². The summed E-state index contributed by atoms with van der Waals surface area (Å²) in [6.07, 6.45) is 6.06. The fourth-order valence-electron chi connectivity index (χ4n) is 5.42. The smallest absolute Gasteiger partial charge is 0.181 e. The Kier molecular flexibility index (Phi) is 6.08. The fraction of sp³-hybridized carbons (Fsp3) is 0.400.